The van der Waals surface area contributed by atoms with Crippen molar-refractivity contribution in [2.75, 3.05) is 5.32 Å². The Balaban J connectivity index is 1.70. The summed E-state index contributed by atoms with van der Waals surface area (Å²) in [6.45, 7) is -1.46. The number of nitrogens with zero attached hydrogens (tertiary/aromatic N) is 1. The van der Waals surface area contributed by atoms with Crippen LogP contribution in [-0.2, 0) is 6.61 Å². The van der Waals surface area contributed by atoms with E-state index in [-0.39, 0.29) is 23.8 Å². The Hall–Kier alpha value is -3.49. The van der Waals surface area contributed by atoms with Gasteiger partial charge in [-0.2, -0.15) is 8.78 Å². The molecule has 1 heterocycles. The fraction of sp³-hybridized carbons (Fsp3) is 0.158. The molecule has 146 valence electrons. The van der Waals surface area contributed by atoms with Crippen LogP contribution in [0, 0.1) is 12.7 Å². The van der Waals surface area contributed by atoms with Crippen molar-refractivity contribution in [3.63, 3.8) is 0 Å². The second-order valence-corrected chi connectivity index (χ2v) is 5.64. The van der Waals surface area contributed by atoms with Gasteiger partial charge < -0.3 is 19.3 Å². The van der Waals surface area contributed by atoms with E-state index in [2.05, 4.69) is 15.2 Å². The van der Waals surface area contributed by atoms with Gasteiger partial charge in [-0.15, -0.1) is 0 Å². The van der Waals surface area contributed by atoms with E-state index in [0.717, 1.165) is 0 Å². The third-order valence-corrected chi connectivity index (χ3v) is 3.75. The fourth-order valence-electron chi connectivity index (χ4n) is 2.36. The molecule has 0 aliphatic carbocycles. The summed E-state index contributed by atoms with van der Waals surface area (Å²) in [5.74, 6) is -0.782. The van der Waals surface area contributed by atoms with Crippen molar-refractivity contribution in [3.8, 4) is 11.5 Å². The molecule has 0 saturated heterocycles. The van der Waals surface area contributed by atoms with E-state index in [1.807, 2.05) is 0 Å². The number of nitrogens with one attached hydrogen (secondary N) is 1. The van der Waals surface area contributed by atoms with E-state index in [0.29, 0.717) is 17.0 Å². The van der Waals surface area contributed by atoms with E-state index in [9.17, 15) is 18.0 Å². The van der Waals surface area contributed by atoms with Crippen LogP contribution in [0.4, 0.5) is 18.9 Å². The van der Waals surface area contributed by atoms with Gasteiger partial charge in [-0.1, -0.05) is 17.3 Å². The van der Waals surface area contributed by atoms with Crippen LogP contribution in [0.25, 0.3) is 0 Å². The third-order valence-electron chi connectivity index (χ3n) is 3.75. The highest BCUT2D eigenvalue weighted by atomic mass is 19.3. The molecule has 9 heteroatoms. The quantitative estimate of drug-likeness (QED) is 0.638. The lowest BCUT2D eigenvalue weighted by Gasteiger charge is -2.09. The first-order chi connectivity index (χ1) is 13.4. The van der Waals surface area contributed by atoms with E-state index in [1.165, 1.54) is 42.5 Å². The predicted molar refractivity (Wildman–Crippen MR) is 93.0 cm³/mol. The van der Waals surface area contributed by atoms with Crippen LogP contribution in [0.1, 0.15) is 21.8 Å². The molecule has 28 heavy (non-hydrogen) atoms. The Morgan fingerprint density at radius 1 is 1.18 bits per heavy atom. The Labute approximate surface area is 157 Å². The number of aryl methyl sites for hydroxylation is 1. The third kappa shape index (κ3) is 4.61. The molecule has 1 N–H and O–H groups in total. The summed E-state index contributed by atoms with van der Waals surface area (Å²) in [5.41, 5.74) is 0.674. The van der Waals surface area contributed by atoms with Crippen molar-refractivity contribution in [2.24, 2.45) is 0 Å². The molecular weight excluding hydrogens is 377 g/mol. The molecule has 2 aromatic carbocycles. The first-order valence-electron chi connectivity index (χ1n) is 8.12. The van der Waals surface area contributed by atoms with Crippen molar-refractivity contribution >= 4 is 11.6 Å². The number of carbonyl (C=O) groups is 1. The minimum Gasteiger partial charge on any atom is -0.486 e. The van der Waals surface area contributed by atoms with Gasteiger partial charge in [0.05, 0.1) is 5.56 Å². The second-order valence-electron chi connectivity index (χ2n) is 5.64. The van der Waals surface area contributed by atoms with Crippen LogP contribution in [0.5, 0.6) is 11.5 Å². The number of benzene rings is 2. The second kappa shape index (κ2) is 8.47. The minimum absolute atomic E-state index is 0.0262. The minimum atomic E-state index is -2.93. The number of ether oxygens (including phenoxy) is 2. The van der Waals surface area contributed by atoms with Crippen LogP contribution >= 0.6 is 0 Å². The number of rotatable bonds is 7. The van der Waals surface area contributed by atoms with Crippen molar-refractivity contribution < 1.29 is 32.0 Å². The molecule has 0 aliphatic rings. The lowest BCUT2D eigenvalue weighted by atomic mass is 10.2. The van der Waals surface area contributed by atoms with E-state index in [4.69, 9.17) is 9.26 Å². The van der Waals surface area contributed by atoms with Crippen LogP contribution < -0.4 is 14.8 Å². The molecule has 1 aromatic heterocycles. The maximum atomic E-state index is 13.7. The summed E-state index contributed by atoms with van der Waals surface area (Å²) >= 11 is 0. The van der Waals surface area contributed by atoms with E-state index < -0.39 is 18.3 Å². The lowest BCUT2D eigenvalue weighted by molar-refractivity contribution is -0.0498. The van der Waals surface area contributed by atoms with Crippen molar-refractivity contribution in [1.82, 2.24) is 5.16 Å². The zero-order valence-corrected chi connectivity index (χ0v) is 14.6. The maximum absolute atomic E-state index is 13.7. The first kappa shape index (κ1) is 19.3. The van der Waals surface area contributed by atoms with E-state index in [1.54, 1.807) is 13.0 Å². The topological polar surface area (TPSA) is 73.6 Å². The van der Waals surface area contributed by atoms with Gasteiger partial charge in [0, 0.05) is 5.69 Å². The smallest absolute Gasteiger partial charge is 0.387 e. The number of anilines is 1. The Kier molecular flexibility index (Phi) is 5.83. The normalized spacial score (nSPS) is 10.8. The largest absolute Gasteiger partial charge is 0.486 e. The van der Waals surface area contributed by atoms with Crippen molar-refractivity contribution in [1.29, 1.82) is 0 Å². The summed E-state index contributed by atoms with van der Waals surface area (Å²) in [4.78, 5) is 12.5. The molecule has 0 bridgehead atoms. The highest BCUT2D eigenvalue weighted by molar-refractivity contribution is 6.03. The highest BCUT2D eigenvalue weighted by Gasteiger charge is 2.21. The lowest BCUT2D eigenvalue weighted by Crippen LogP contribution is -2.15. The molecule has 1 amide bonds. The fourth-order valence-corrected chi connectivity index (χ4v) is 2.36. The molecule has 0 atom stereocenters. The maximum Gasteiger partial charge on any atom is 0.387 e. The number of alkyl halides is 2. The molecule has 0 unspecified atom stereocenters. The number of hydrogen-bond acceptors (Lipinski definition) is 5. The van der Waals surface area contributed by atoms with Crippen molar-refractivity contribution in [3.05, 3.63) is 71.4 Å². The number of para-hydroxylation sites is 1. The van der Waals surface area contributed by atoms with Crippen LogP contribution in [0.3, 0.4) is 0 Å². The summed E-state index contributed by atoms with van der Waals surface area (Å²) in [5, 5.41) is 6.29. The summed E-state index contributed by atoms with van der Waals surface area (Å²) in [7, 11) is 0. The Morgan fingerprint density at radius 3 is 2.57 bits per heavy atom. The Morgan fingerprint density at radius 2 is 1.89 bits per heavy atom. The summed E-state index contributed by atoms with van der Waals surface area (Å²) in [6, 6.07) is 11.2. The standard InChI is InChI=1S/C19H15F3N2O4/c1-11-14(10-26-16-5-3-2-4-15(16)20)17(24-28-11)18(25)23-12-6-8-13(9-7-12)27-19(21)22/h2-9,19H,10H2,1H3,(H,23,25). The predicted octanol–water partition coefficient (Wildman–Crippen LogP) is 4.55. The van der Waals surface area contributed by atoms with Gasteiger partial charge in [0.2, 0.25) is 0 Å². The molecule has 6 nitrogen and oxygen atoms in total. The van der Waals surface area contributed by atoms with Crippen molar-refractivity contribution in [2.45, 2.75) is 20.1 Å². The number of amides is 1. The SMILES string of the molecule is Cc1onc(C(=O)Nc2ccc(OC(F)F)cc2)c1COc1ccccc1F. The van der Waals surface area contributed by atoms with Gasteiger partial charge in [0.25, 0.3) is 5.91 Å². The Bertz CT molecular complexity index is 958. The number of halogens is 3. The zero-order chi connectivity index (χ0) is 20.1. The average molecular weight is 392 g/mol. The molecule has 3 rings (SSSR count). The number of aromatic nitrogens is 1. The van der Waals surface area contributed by atoms with Crippen LogP contribution in [0.15, 0.2) is 53.1 Å². The number of hydrogen-bond donors (Lipinski definition) is 1. The molecule has 0 aliphatic heterocycles. The van der Waals surface area contributed by atoms with Crippen LogP contribution in [0.2, 0.25) is 0 Å². The van der Waals surface area contributed by atoms with Gasteiger partial charge in [-0.25, -0.2) is 4.39 Å². The molecular formula is C19H15F3N2O4. The van der Waals surface area contributed by atoms with Gasteiger partial charge in [-0.3, -0.25) is 4.79 Å². The van der Waals surface area contributed by atoms with Gasteiger partial charge in [-0.05, 0) is 43.3 Å². The van der Waals surface area contributed by atoms with E-state index >= 15 is 0 Å². The van der Waals surface area contributed by atoms with Gasteiger partial charge in [0.15, 0.2) is 17.3 Å². The summed E-state index contributed by atoms with van der Waals surface area (Å²) < 4.78 is 52.7. The first-order valence-corrected chi connectivity index (χ1v) is 8.12. The van der Waals surface area contributed by atoms with Gasteiger partial charge in [0.1, 0.15) is 18.1 Å². The van der Waals surface area contributed by atoms with Crippen LogP contribution in [-0.4, -0.2) is 17.7 Å². The molecule has 0 spiro atoms. The average Bonchev–Trinajstić information content (AvgIpc) is 3.03. The van der Waals surface area contributed by atoms with Gasteiger partial charge >= 0.3 is 6.61 Å². The highest BCUT2D eigenvalue weighted by Crippen LogP contribution is 2.22. The molecule has 0 radical (unpaired) electrons. The zero-order valence-electron chi connectivity index (χ0n) is 14.6. The monoisotopic (exact) mass is 392 g/mol. The molecule has 3 aromatic rings. The molecule has 0 fully saturated rings. The molecule has 0 saturated carbocycles. The summed E-state index contributed by atoms with van der Waals surface area (Å²) in [6.07, 6.45) is 0. The number of carbonyl (C=O) groups excluding carboxylic acids is 1.